The minimum atomic E-state index is -0.113. The Kier molecular flexibility index (Phi) is 7.06. The second-order valence-corrected chi connectivity index (χ2v) is 6.99. The van der Waals surface area contributed by atoms with E-state index in [9.17, 15) is 4.79 Å². The second-order valence-electron chi connectivity index (χ2n) is 6.99. The van der Waals surface area contributed by atoms with Crippen molar-refractivity contribution in [1.82, 2.24) is 10.2 Å². The van der Waals surface area contributed by atoms with Gasteiger partial charge in [-0.05, 0) is 43.0 Å². The summed E-state index contributed by atoms with van der Waals surface area (Å²) in [4.78, 5) is 14.4. The van der Waals surface area contributed by atoms with Crippen molar-refractivity contribution in [2.45, 2.75) is 33.8 Å². The molecule has 0 bridgehead atoms. The van der Waals surface area contributed by atoms with Crippen LogP contribution in [0.2, 0.25) is 0 Å². The minimum absolute atomic E-state index is 0.0327. The Hall–Kier alpha value is -1.59. The summed E-state index contributed by atoms with van der Waals surface area (Å²) >= 11 is 0. The molecule has 0 aliphatic carbocycles. The fraction of sp³-hybridized carbons (Fsp3) is 0.632. The first kappa shape index (κ1) is 18.7. The van der Waals surface area contributed by atoms with E-state index < -0.39 is 0 Å². The first-order chi connectivity index (χ1) is 11.4. The minimum Gasteiger partial charge on any atom is -0.484 e. The number of hydrogen-bond donors (Lipinski definition) is 1. The summed E-state index contributed by atoms with van der Waals surface area (Å²) in [5, 5.41) is 2.91. The molecule has 1 amide bonds. The lowest BCUT2D eigenvalue weighted by Crippen LogP contribution is -2.48. The van der Waals surface area contributed by atoms with Crippen LogP contribution in [0.3, 0.4) is 0 Å². The van der Waals surface area contributed by atoms with E-state index in [1.54, 1.807) is 0 Å². The van der Waals surface area contributed by atoms with Gasteiger partial charge in [-0.25, -0.2) is 0 Å². The highest BCUT2D eigenvalue weighted by Crippen LogP contribution is 2.16. The summed E-state index contributed by atoms with van der Waals surface area (Å²) in [5.41, 5.74) is 2.38. The summed E-state index contributed by atoms with van der Waals surface area (Å²) in [6.07, 6.45) is 0.0584. The predicted octanol–water partition coefficient (Wildman–Crippen LogP) is 2.16. The summed E-state index contributed by atoms with van der Waals surface area (Å²) in [6.45, 7) is 12.7. The predicted molar refractivity (Wildman–Crippen MR) is 95.4 cm³/mol. The lowest BCUT2D eigenvalue weighted by atomic mass is 10.1. The van der Waals surface area contributed by atoms with Crippen LogP contribution in [0, 0.1) is 19.8 Å². The maximum atomic E-state index is 12.0. The molecule has 1 aromatic carbocycles. The van der Waals surface area contributed by atoms with Crippen LogP contribution in [-0.2, 0) is 9.53 Å². The topological polar surface area (TPSA) is 50.8 Å². The number of carbonyl (C=O) groups is 1. The summed E-state index contributed by atoms with van der Waals surface area (Å²) < 4.78 is 11.3. The van der Waals surface area contributed by atoms with Crippen LogP contribution in [0.5, 0.6) is 5.75 Å². The molecule has 1 fully saturated rings. The van der Waals surface area contributed by atoms with Crippen molar-refractivity contribution in [1.29, 1.82) is 0 Å². The van der Waals surface area contributed by atoms with Gasteiger partial charge < -0.3 is 14.8 Å². The largest absolute Gasteiger partial charge is 0.484 e. The number of nitrogens with zero attached hydrogens (tertiary/aromatic N) is 1. The summed E-state index contributed by atoms with van der Waals surface area (Å²) in [6, 6.07) is 5.85. The highest BCUT2D eigenvalue weighted by Gasteiger charge is 2.21. The lowest BCUT2D eigenvalue weighted by molar-refractivity contribution is -0.124. The van der Waals surface area contributed by atoms with Gasteiger partial charge in [-0.3, -0.25) is 9.69 Å². The molecule has 1 aliphatic heterocycles. The smallest absolute Gasteiger partial charge is 0.258 e. The standard InChI is InChI=1S/C19H30N2O3/c1-14(2)11-21-7-8-23-18(12-21)10-20-19(22)13-24-17-6-5-15(3)16(4)9-17/h5-6,9,14,18H,7-8,10-13H2,1-4H3,(H,20,22). The second kappa shape index (κ2) is 9.04. The van der Waals surface area contributed by atoms with Crippen LogP contribution in [0.15, 0.2) is 18.2 Å². The molecule has 1 unspecified atom stereocenters. The Morgan fingerprint density at radius 1 is 1.38 bits per heavy atom. The number of ether oxygens (including phenoxy) is 2. The quantitative estimate of drug-likeness (QED) is 0.830. The van der Waals surface area contributed by atoms with Gasteiger partial charge in [-0.15, -0.1) is 0 Å². The Balaban J connectivity index is 1.69. The van der Waals surface area contributed by atoms with E-state index in [0.717, 1.165) is 37.6 Å². The van der Waals surface area contributed by atoms with Gasteiger partial charge in [-0.2, -0.15) is 0 Å². The zero-order valence-electron chi connectivity index (χ0n) is 15.3. The van der Waals surface area contributed by atoms with E-state index in [4.69, 9.17) is 9.47 Å². The highest BCUT2D eigenvalue weighted by atomic mass is 16.5. The zero-order chi connectivity index (χ0) is 17.5. The van der Waals surface area contributed by atoms with Gasteiger partial charge in [0.1, 0.15) is 5.75 Å². The zero-order valence-corrected chi connectivity index (χ0v) is 15.3. The van der Waals surface area contributed by atoms with Crippen LogP contribution in [-0.4, -0.2) is 56.3 Å². The Morgan fingerprint density at radius 3 is 2.88 bits per heavy atom. The number of morpholine rings is 1. The number of aryl methyl sites for hydroxylation is 2. The molecule has 0 saturated carbocycles. The Bertz CT molecular complexity index is 545. The molecule has 1 atom stereocenters. The fourth-order valence-corrected chi connectivity index (χ4v) is 2.82. The summed E-state index contributed by atoms with van der Waals surface area (Å²) in [5.74, 6) is 1.26. The van der Waals surface area contributed by atoms with E-state index in [0.29, 0.717) is 12.5 Å². The van der Waals surface area contributed by atoms with Crippen LogP contribution in [0.4, 0.5) is 0 Å². The van der Waals surface area contributed by atoms with Gasteiger partial charge >= 0.3 is 0 Å². The van der Waals surface area contributed by atoms with Gasteiger partial charge in [0.25, 0.3) is 5.91 Å². The van der Waals surface area contributed by atoms with E-state index >= 15 is 0 Å². The average molecular weight is 334 g/mol. The molecule has 0 radical (unpaired) electrons. The molecule has 5 nitrogen and oxygen atoms in total. The maximum Gasteiger partial charge on any atom is 0.258 e. The first-order valence-electron chi connectivity index (χ1n) is 8.74. The van der Waals surface area contributed by atoms with Crippen molar-refractivity contribution in [3.05, 3.63) is 29.3 Å². The number of amides is 1. The first-order valence-corrected chi connectivity index (χ1v) is 8.74. The van der Waals surface area contributed by atoms with Crippen molar-refractivity contribution in [3.63, 3.8) is 0 Å². The van der Waals surface area contributed by atoms with Crippen LogP contribution in [0.1, 0.15) is 25.0 Å². The highest BCUT2D eigenvalue weighted by molar-refractivity contribution is 5.77. The van der Waals surface area contributed by atoms with E-state index in [-0.39, 0.29) is 18.6 Å². The molecule has 24 heavy (non-hydrogen) atoms. The molecule has 1 aliphatic rings. The fourth-order valence-electron chi connectivity index (χ4n) is 2.82. The molecule has 1 N–H and O–H groups in total. The van der Waals surface area contributed by atoms with Gasteiger partial charge in [0.2, 0.25) is 0 Å². The lowest BCUT2D eigenvalue weighted by Gasteiger charge is -2.33. The molecular weight excluding hydrogens is 304 g/mol. The molecule has 1 aromatic rings. The van der Waals surface area contributed by atoms with E-state index in [2.05, 4.69) is 31.0 Å². The Labute approximate surface area is 145 Å². The molecule has 5 heteroatoms. The molecule has 1 saturated heterocycles. The molecular formula is C19H30N2O3. The molecule has 0 aromatic heterocycles. The monoisotopic (exact) mass is 334 g/mol. The number of hydrogen-bond acceptors (Lipinski definition) is 4. The summed E-state index contributed by atoms with van der Waals surface area (Å²) in [7, 11) is 0. The third kappa shape index (κ3) is 6.13. The van der Waals surface area contributed by atoms with Gasteiger partial charge in [-0.1, -0.05) is 19.9 Å². The van der Waals surface area contributed by atoms with Crippen LogP contribution in [0.25, 0.3) is 0 Å². The number of carbonyl (C=O) groups excluding carboxylic acids is 1. The third-order valence-corrected chi connectivity index (χ3v) is 4.22. The molecule has 134 valence electrons. The number of rotatable bonds is 7. The Morgan fingerprint density at radius 2 is 2.17 bits per heavy atom. The van der Waals surface area contributed by atoms with Crippen LogP contribution >= 0.6 is 0 Å². The molecule has 0 spiro atoms. The number of nitrogens with one attached hydrogen (secondary N) is 1. The molecule has 2 rings (SSSR count). The third-order valence-electron chi connectivity index (χ3n) is 4.22. The van der Waals surface area contributed by atoms with Crippen molar-refractivity contribution >= 4 is 5.91 Å². The average Bonchev–Trinajstić information content (AvgIpc) is 2.54. The SMILES string of the molecule is Cc1ccc(OCC(=O)NCC2CN(CC(C)C)CCO2)cc1C. The van der Waals surface area contributed by atoms with Crippen LogP contribution < -0.4 is 10.1 Å². The van der Waals surface area contributed by atoms with Crippen molar-refractivity contribution < 1.29 is 14.3 Å². The van der Waals surface area contributed by atoms with Gasteiger partial charge in [0.15, 0.2) is 6.61 Å². The van der Waals surface area contributed by atoms with Crippen molar-refractivity contribution in [2.75, 3.05) is 39.4 Å². The normalized spacial score (nSPS) is 18.6. The van der Waals surface area contributed by atoms with Crippen molar-refractivity contribution in [2.24, 2.45) is 5.92 Å². The van der Waals surface area contributed by atoms with E-state index in [1.165, 1.54) is 5.56 Å². The number of benzene rings is 1. The van der Waals surface area contributed by atoms with E-state index in [1.807, 2.05) is 25.1 Å². The van der Waals surface area contributed by atoms with Gasteiger partial charge in [0, 0.05) is 26.2 Å². The van der Waals surface area contributed by atoms with Crippen molar-refractivity contribution in [3.8, 4) is 5.75 Å². The molecule has 1 heterocycles. The van der Waals surface area contributed by atoms with Gasteiger partial charge in [0.05, 0.1) is 12.7 Å². The maximum absolute atomic E-state index is 12.0.